The standard InChI is InChI=1S/C23H29N3/c1-7-23(5,6)21-25-24-20(17-13-9-8-10-14-17)26(21)19-16-12-11-15-18(19)22(2,3)4/h8-16H,7H2,1-6H3. The molecule has 0 fully saturated rings. The number of benzene rings is 2. The minimum absolute atomic E-state index is 0.0302. The van der Waals surface area contributed by atoms with E-state index in [1.165, 1.54) is 11.3 Å². The fraction of sp³-hybridized carbons (Fsp3) is 0.391. The van der Waals surface area contributed by atoms with Gasteiger partial charge in [-0.15, -0.1) is 10.2 Å². The molecule has 3 aromatic rings. The van der Waals surface area contributed by atoms with Crippen LogP contribution in [0.2, 0.25) is 0 Å². The molecule has 0 N–H and O–H groups in total. The molecule has 3 nitrogen and oxygen atoms in total. The molecule has 0 saturated heterocycles. The summed E-state index contributed by atoms with van der Waals surface area (Å²) in [6.07, 6.45) is 0.998. The van der Waals surface area contributed by atoms with Gasteiger partial charge in [0.25, 0.3) is 0 Å². The van der Waals surface area contributed by atoms with E-state index in [2.05, 4.69) is 105 Å². The number of hydrogen-bond acceptors (Lipinski definition) is 2. The van der Waals surface area contributed by atoms with E-state index in [0.29, 0.717) is 0 Å². The summed E-state index contributed by atoms with van der Waals surface area (Å²) >= 11 is 0. The highest BCUT2D eigenvalue weighted by Crippen LogP contribution is 2.35. The average molecular weight is 348 g/mol. The lowest BCUT2D eigenvalue weighted by Gasteiger charge is -2.28. The Morgan fingerprint density at radius 1 is 0.808 bits per heavy atom. The number of hydrogen-bond donors (Lipinski definition) is 0. The van der Waals surface area contributed by atoms with Gasteiger partial charge in [0.1, 0.15) is 5.82 Å². The lowest BCUT2D eigenvalue weighted by Crippen LogP contribution is -2.24. The molecule has 0 unspecified atom stereocenters. The van der Waals surface area contributed by atoms with Gasteiger partial charge in [-0.2, -0.15) is 0 Å². The van der Waals surface area contributed by atoms with Crippen LogP contribution in [0, 0.1) is 0 Å². The molecule has 2 aromatic carbocycles. The van der Waals surface area contributed by atoms with Crippen molar-refractivity contribution >= 4 is 0 Å². The van der Waals surface area contributed by atoms with E-state index in [9.17, 15) is 0 Å². The van der Waals surface area contributed by atoms with Crippen molar-refractivity contribution in [2.45, 2.75) is 58.8 Å². The Hall–Kier alpha value is -2.42. The molecule has 0 aliphatic heterocycles. The van der Waals surface area contributed by atoms with Crippen molar-refractivity contribution in [3.05, 3.63) is 66.0 Å². The number of nitrogens with zero attached hydrogens (tertiary/aromatic N) is 3. The van der Waals surface area contributed by atoms with E-state index in [-0.39, 0.29) is 10.8 Å². The number of aromatic nitrogens is 3. The van der Waals surface area contributed by atoms with Crippen molar-refractivity contribution in [1.82, 2.24) is 14.8 Å². The summed E-state index contributed by atoms with van der Waals surface area (Å²) in [4.78, 5) is 0. The maximum Gasteiger partial charge on any atom is 0.168 e. The predicted molar refractivity (Wildman–Crippen MR) is 109 cm³/mol. The van der Waals surface area contributed by atoms with Gasteiger partial charge in [-0.25, -0.2) is 0 Å². The van der Waals surface area contributed by atoms with Gasteiger partial charge in [-0.3, -0.25) is 4.57 Å². The summed E-state index contributed by atoms with van der Waals surface area (Å²) in [5.41, 5.74) is 3.51. The van der Waals surface area contributed by atoms with Crippen molar-refractivity contribution in [3.8, 4) is 17.1 Å². The molecular formula is C23H29N3. The fourth-order valence-electron chi connectivity index (χ4n) is 3.19. The Bertz CT molecular complexity index is 883. The molecule has 0 aliphatic carbocycles. The van der Waals surface area contributed by atoms with Crippen LogP contribution < -0.4 is 0 Å². The summed E-state index contributed by atoms with van der Waals surface area (Å²) < 4.78 is 2.26. The van der Waals surface area contributed by atoms with Crippen LogP contribution in [0.4, 0.5) is 0 Å². The Kier molecular flexibility index (Phi) is 4.74. The first-order valence-corrected chi connectivity index (χ1v) is 9.37. The van der Waals surface area contributed by atoms with Crippen LogP contribution in [0.25, 0.3) is 17.1 Å². The molecule has 0 aliphatic rings. The van der Waals surface area contributed by atoms with Crippen molar-refractivity contribution in [2.75, 3.05) is 0 Å². The quantitative estimate of drug-likeness (QED) is 0.586. The van der Waals surface area contributed by atoms with Crippen LogP contribution in [-0.2, 0) is 10.8 Å². The molecule has 0 amide bonds. The van der Waals surface area contributed by atoms with Gasteiger partial charge in [0, 0.05) is 11.0 Å². The van der Waals surface area contributed by atoms with Gasteiger partial charge >= 0.3 is 0 Å². The molecular weight excluding hydrogens is 318 g/mol. The maximum atomic E-state index is 4.65. The van der Waals surface area contributed by atoms with Gasteiger partial charge in [0.2, 0.25) is 0 Å². The molecule has 0 atom stereocenters. The molecule has 1 aromatic heterocycles. The van der Waals surface area contributed by atoms with Crippen LogP contribution in [0.5, 0.6) is 0 Å². The minimum Gasteiger partial charge on any atom is -0.278 e. The highest BCUT2D eigenvalue weighted by atomic mass is 15.3. The Morgan fingerprint density at radius 3 is 2.04 bits per heavy atom. The smallest absolute Gasteiger partial charge is 0.168 e. The maximum absolute atomic E-state index is 4.65. The van der Waals surface area contributed by atoms with Crippen LogP contribution in [0.1, 0.15) is 59.4 Å². The van der Waals surface area contributed by atoms with Crippen molar-refractivity contribution in [2.24, 2.45) is 0 Å². The Labute approximate surface area is 157 Å². The van der Waals surface area contributed by atoms with Crippen molar-refractivity contribution in [3.63, 3.8) is 0 Å². The monoisotopic (exact) mass is 347 g/mol. The molecule has 0 spiro atoms. The first-order valence-electron chi connectivity index (χ1n) is 9.37. The van der Waals surface area contributed by atoms with Crippen LogP contribution in [0.3, 0.4) is 0 Å². The van der Waals surface area contributed by atoms with Gasteiger partial charge < -0.3 is 0 Å². The Morgan fingerprint density at radius 2 is 1.42 bits per heavy atom. The molecule has 0 radical (unpaired) electrons. The van der Waals surface area contributed by atoms with E-state index in [0.717, 1.165) is 23.6 Å². The second-order valence-corrected chi connectivity index (χ2v) is 8.55. The zero-order valence-electron chi connectivity index (χ0n) is 16.7. The van der Waals surface area contributed by atoms with Crippen LogP contribution >= 0.6 is 0 Å². The average Bonchev–Trinajstić information content (AvgIpc) is 3.07. The molecule has 3 heteroatoms. The fourth-order valence-corrected chi connectivity index (χ4v) is 3.19. The molecule has 0 bridgehead atoms. The van der Waals surface area contributed by atoms with Crippen LogP contribution in [-0.4, -0.2) is 14.8 Å². The van der Waals surface area contributed by atoms with Gasteiger partial charge in [-0.05, 0) is 23.5 Å². The third-order valence-electron chi connectivity index (χ3n) is 5.14. The molecule has 26 heavy (non-hydrogen) atoms. The molecule has 0 saturated carbocycles. The Balaban J connectivity index is 2.35. The van der Waals surface area contributed by atoms with Gasteiger partial charge in [0.15, 0.2) is 5.82 Å². The zero-order valence-corrected chi connectivity index (χ0v) is 16.7. The second kappa shape index (κ2) is 6.71. The molecule has 136 valence electrons. The van der Waals surface area contributed by atoms with Crippen LogP contribution in [0.15, 0.2) is 54.6 Å². The third kappa shape index (κ3) is 3.31. The summed E-state index contributed by atoms with van der Waals surface area (Å²) in [7, 11) is 0. The lowest BCUT2D eigenvalue weighted by atomic mass is 9.84. The van der Waals surface area contributed by atoms with Crippen molar-refractivity contribution in [1.29, 1.82) is 0 Å². The van der Waals surface area contributed by atoms with E-state index < -0.39 is 0 Å². The molecule has 3 rings (SSSR count). The summed E-state index contributed by atoms with van der Waals surface area (Å²) in [6.45, 7) is 13.4. The highest BCUT2D eigenvalue weighted by molar-refractivity contribution is 5.61. The SMILES string of the molecule is CCC(C)(C)c1nnc(-c2ccccc2)n1-c1ccccc1C(C)(C)C. The summed E-state index contributed by atoms with van der Waals surface area (Å²) in [6, 6.07) is 18.9. The first-order chi connectivity index (χ1) is 12.3. The number of para-hydroxylation sites is 1. The minimum atomic E-state index is -0.0645. The van der Waals surface area contributed by atoms with E-state index in [1.54, 1.807) is 0 Å². The topological polar surface area (TPSA) is 30.7 Å². The highest BCUT2D eigenvalue weighted by Gasteiger charge is 2.30. The van der Waals surface area contributed by atoms with E-state index in [1.807, 2.05) is 6.07 Å². The summed E-state index contributed by atoms with van der Waals surface area (Å²) in [5, 5.41) is 9.26. The second-order valence-electron chi connectivity index (χ2n) is 8.55. The summed E-state index contributed by atoms with van der Waals surface area (Å²) in [5.74, 6) is 1.91. The zero-order chi connectivity index (χ0) is 18.9. The third-order valence-corrected chi connectivity index (χ3v) is 5.14. The van der Waals surface area contributed by atoms with Gasteiger partial charge in [-0.1, -0.05) is 90.1 Å². The normalized spacial score (nSPS) is 12.4. The van der Waals surface area contributed by atoms with Crippen molar-refractivity contribution < 1.29 is 0 Å². The van der Waals surface area contributed by atoms with E-state index in [4.69, 9.17) is 0 Å². The first kappa shape index (κ1) is 18.4. The lowest BCUT2D eigenvalue weighted by molar-refractivity contribution is 0.462. The largest absolute Gasteiger partial charge is 0.278 e. The number of rotatable bonds is 4. The van der Waals surface area contributed by atoms with E-state index >= 15 is 0 Å². The predicted octanol–water partition coefficient (Wildman–Crippen LogP) is 5.92. The van der Waals surface area contributed by atoms with Gasteiger partial charge in [0.05, 0.1) is 5.69 Å². The molecule has 1 heterocycles.